The third-order valence-electron chi connectivity index (χ3n) is 4.59. The SMILES string of the molecule is CN(C)CCCN(C)C1(CN)CCCC(C)(C)C1. The molecule has 0 heterocycles. The van der Waals surface area contributed by atoms with E-state index in [1.807, 2.05) is 0 Å². The molecule has 1 atom stereocenters. The highest BCUT2D eigenvalue weighted by atomic mass is 15.2. The molecule has 0 aromatic carbocycles. The van der Waals surface area contributed by atoms with E-state index in [-0.39, 0.29) is 5.54 Å². The second-order valence-corrected chi connectivity index (χ2v) is 7.20. The molecule has 18 heavy (non-hydrogen) atoms. The number of hydrogen-bond donors (Lipinski definition) is 1. The van der Waals surface area contributed by atoms with Gasteiger partial charge < -0.3 is 10.6 Å². The van der Waals surface area contributed by atoms with Crippen LogP contribution in [-0.4, -0.2) is 56.1 Å². The number of rotatable bonds is 6. The molecule has 0 aromatic rings. The second kappa shape index (κ2) is 6.36. The first-order valence-electron chi connectivity index (χ1n) is 7.37. The zero-order chi connectivity index (χ0) is 13.8. The van der Waals surface area contributed by atoms with Crippen molar-refractivity contribution in [2.75, 3.05) is 40.8 Å². The molecule has 0 saturated heterocycles. The fourth-order valence-corrected chi connectivity index (χ4v) is 3.48. The maximum absolute atomic E-state index is 6.14. The van der Waals surface area contributed by atoms with Gasteiger partial charge in [-0.25, -0.2) is 0 Å². The molecule has 1 fully saturated rings. The summed E-state index contributed by atoms with van der Waals surface area (Å²) >= 11 is 0. The Morgan fingerprint density at radius 3 is 2.22 bits per heavy atom. The lowest BCUT2D eigenvalue weighted by atomic mass is 9.67. The minimum Gasteiger partial charge on any atom is -0.329 e. The van der Waals surface area contributed by atoms with Gasteiger partial charge in [-0.3, -0.25) is 4.90 Å². The van der Waals surface area contributed by atoms with Gasteiger partial charge in [0.1, 0.15) is 0 Å². The van der Waals surface area contributed by atoms with Crippen molar-refractivity contribution in [2.45, 2.75) is 51.5 Å². The third-order valence-corrected chi connectivity index (χ3v) is 4.59. The predicted octanol–water partition coefficient (Wildman–Crippen LogP) is 2.17. The smallest absolute Gasteiger partial charge is 0.0333 e. The molecule has 0 aromatic heterocycles. The van der Waals surface area contributed by atoms with Gasteiger partial charge in [0.2, 0.25) is 0 Å². The summed E-state index contributed by atoms with van der Waals surface area (Å²) in [5.74, 6) is 0. The molecule has 108 valence electrons. The van der Waals surface area contributed by atoms with E-state index in [2.05, 4.69) is 44.8 Å². The van der Waals surface area contributed by atoms with Crippen molar-refractivity contribution in [3.63, 3.8) is 0 Å². The van der Waals surface area contributed by atoms with Gasteiger partial charge in [0.15, 0.2) is 0 Å². The van der Waals surface area contributed by atoms with Gasteiger partial charge in [-0.05, 0) is 65.3 Å². The van der Waals surface area contributed by atoms with Crippen LogP contribution in [0.3, 0.4) is 0 Å². The molecule has 1 aliphatic rings. The molecule has 0 spiro atoms. The van der Waals surface area contributed by atoms with Crippen molar-refractivity contribution in [3.05, 3.63) is 0 Å². The highest BCUT2D eigenvalue weighted by Gasteiger charge is 2.41. The average Bonchev–Trinajstić information content (AvgIpc) is 2.26. The largest absolute Gasteiger partial charge is 0.329 e. The van der Waals surface area contributed by atoms with Gasteiger partial charge in [-0.15, -0.1) is 0 Å². The van der Waals surface area contributed by atoms with Crippen LogP contribution in [-0.2, 0) is 0 Å². The van der Waals surface area contributed by atoms with Crippen LogP contribution < -0.4 is 5.73 Å². The fourth-order valence-electron chi connectivity index (χ4n) is 3.48. The zero-order valence-electron chi connectivity index (χ0n) is 13.1. The summed E-state index contributed by atoms with van der Waals surface area (Å²) in [5, 5.41) is 0. The standard InChI is InChI=1S/C15H33N3/c1-14(2)8-6-9-15(12-14,13-16)18(5)11-7-10-17(3)4/h6-13,16H2,1-5H3. The fraction of sp³-hybridized carbons (Fsp3) is 1.00. The minimum absolute atomic E-state index is 0.244. The van der Waals surface area contributed by atoms with Gasteiger partial charge >= 0.3 is 0 Å². The van der Waals surface area contributed by atoms with Gasteiger partial charge in [0.05, 0.1) is 0 Å². The molecule has 1 rings (SSSR count). The summed E-state index contributed by atoms with van der Waals surface area (Å²) in [5.41, 5.74) is 6.84. The molecular formula is C15H33N3. The van der Waals surface area contributed by atoms with Crippen LogP contribution in [0.25, 0.3) is 0 Å². The summed E-state index contributed by atoms with van der Waals surface area (Å²) in [7, 11) is 6.55. The van der Waals surface area contributed by atoms with Crippen molar-refractivity contribution in [1.82, 2.24) is 9.80 Å². The Morgan fingerprint density at radius 2 is 1.72 bits per heavy atom. The molecule has 3 heteroatoms. The van der Waals surface area contributed by atoms with E-state index in [1.165, 1.54) is 32.1 Å². The molecular weight excluding hydrogens is 222 g/mol. The van der Waals surface area contributed by atoms with Crippen molar-refractivity contribution in [1.29, 1.82) is 0 Å². The number of nitrogens with zero attached hydrogens (tertiary/aromatic N) is 2. The second-order valence-electron chi connectivity index (χ2n) is 7.20. The van der Waals surface area contributed by atoms with Crippen LogP contribution in [0.5, 0.6) is 0 Å². The van der Waals surface area contributed by atoms with E-state index in [0.29, 0.717) is 5.41 Å². The zero-order valence-corrected chi connectivity index (χ0v) is 13.1. The Hall–Kier alpha value is -0.120. The molecule has 3 nitrogen and oxygen atoms in total. The Labute approximate surface area is 114 Å². The first kappa shape index (κ1) is 15.9. The minimum atomic E-state index is 0.244. The summed E-state index contributed by atoms with van der Waals surface area (Å²) in [6.45, 7) is 7.91. The normalized spacial score (nSPS) is 28.0. The summed E-state index contributed by atoms with van der Waals surface area (Å²) in [6.07, 6.45) is 6.41. The van der Waals surface area contributed by atoms with Crippen molar-refractivity contribution in [3.8, 4) is 0 Å². The Kier molecular flexibility index (Phi) is 5.63. The molecule has 0 amide bonds. The Morgan fingerprint density at radius 1 is 1.06 bits per heavy atom. The van der Waals surface area contributed by atoms with Crippen LogP contribution in [0.4, 0.5) is 0 Å². The van der Waals surface area contributed by atoms with Crippen LogP contribution in [0.15, 0.2) is 0 Å². The highest BCUT2D eigenvalue weighted by Crippen LogP contribution is 2.43. The molecule has 0 aliphatic heterocycles. The topological polar surface area (TPSA) is 32.5 Å². The van der Waals surface area contributed by atoms with Crippen molar-refractivity contribution >= 4 is 0 Å². The number of nitrogens with two attached hydrogens (primary N) is 1. The first-order valence-corrected chi connectivity index (χ1v) is 7.37. The molecule has 1 unspecified atom stereocenters. The first-order chi connectivity index (χ1) is 8.31. The number of hydrogen-bond acceptors (Lipinski definition) is 3. The number of likely N-dealkylation sites (N-methyl/N-ethyl adjacent to an activating group) is 1. The lowest BCUT2D eigenvalue weighted by Crippen LogP contribution is -2.56. The molecule has 0 radical (unpaired) electrons. The molecule has 2 N–H and O–H groups in total. The molecule has 0 bridgehead atoms. The van der Waals surface area contributed by atoms with Crippen molar-refractivity contribution in [2.24, 2.45) is 11.1 Å². The van der Waals surface area contributed by atoms with E-state index in [9.17, 15) is 0 Å². The predicted molar refractivity (Wildman–Crippen MR) is 79.8 cm³/mol. The average molecular weight is 255 g/mol. The quantitative estimate of drug-likeness (QED) is 0.789. The lowest BCUT2D eigenvalue weighted by Gasteiger charge is -2.50. The monoisotopic (exact) mass is 255 g/mol. The van der Waals surface area contributed by atoms with Crippen LogP contribution in [0.2, 0.25) is 0 Å². The highest BCUT2D eigenvalue weighted by molar-refractivity contribution is 4.98. The maximum atomic E-state index is 6.14. The lowest BCUT2D eigenvalue weighted by molar-refractivity contribution is 0.0259. The van der Waals surface area contributed by atoms with Gasteiger partial charge in [0.25, 0.3) is 0 Å². The Bertz CT molecular complexity index is 250. The third kappa shape index (κ3) is 4.22. The molecule has 1 aliphatic carbocycles. The van der Waals surface area contributed by atoms with E-state index in [1.54, 1.807) is 0 Å². The van der Waals surface area contributed by atoms with E-state index >= 15 is 0 Å². The van der Waals surface area contributed by atoms with Crippen molar-refractivity contribution < 1.29 is 0 Å². The van der Waals surface area contributed by atoms with Crippen LogP contribution in [0, 0.1) is 5.41 Å². The van der Waals surface area contributed by atoms with E-state index in [0.717, 1.165) is 19.6 Å². The van der Waals surface area contributed by atoms with E-state index < -0.39 is 0 Å². The summed E-state index contributed by atoms with van der Waals surface area (Å²) < 4.78 is 0. The van der Waals surface area contributed by atoms with Gasteiger partial charge in [-0.2, -0.15) is 0 Å². The Balaban J connectivity index is 2.57. The molecule has 1 saturated carbocycles. The van der Waals surface area contributed by atoms with Gasteiger partial charge in [-0.1, -0.05) is 20.3 Å². The summed E-state index contributed by atoms with van der Waals surface area (Å²) in [6, 6.07) is 0. The van der Waals surface area contributed by atoms with E-state index in [4.69, 9.17) is 5.73 Å². The maximum Gasteiger partial charge on any atom is 0.0333 e. The van der Waals surface area contributed by atoms with Crippen LogP contribution >= 0.6 is 0 Å². The summed E-state index contributed by atoms with van der Waals surface area (Å²) in [4.78, 5) is 4.80. The van der Waals surface area contributed by atoms with Gasteiger partial charge in [0, 0.05) is 12.1 Å². The van der Waals surface area contributed by atoms with Crippen LogP contribution in [0.1, 0.15) is 46.0 Å².